The predicted molar refractivity (Wildman–Crippen MR) is 81.2 cm³/mol. The van der Waals surface area contributed by atoms with Crippen molar-refractivity contribution in [3.8, 4) is 0 Å². The van der Waals surface area contributed by atoms with Gasteiger partial charge in [0.1, 0.15) is 0 Å². The number of piperidine rings is 1. The Bertz CT molecular complexity index is 729. The molecule has 0 amide bonds. The third kappa shape index (κ3) is 2.54. The van der Waals surface area contributed by atoms with Gasteiger partial charge in [0.25, 0.3) is 10.0 Å². The number of nitrogens with one attached hydrogen (secondary N) is 1. The molecule has 21 heavy (non-hydrogen) atoms. The number of hydrogen-bond acceptors (Lipinski definition) is 6. The van der Waals surface area contributed by atoms with Crippen molar-refractivity contribution in [2.24, 2.45) is 0 Å². The van der Waals surface area contributed by atoms with Crippen LogP contribution in [0.1, 0.15) is 19.8 Å². The van der Waals surface area contributed by atoms with Gasteiger partial charge >= 0.3 is 0 Å². The van der Waals surface area contributed by atoms with Gasteiger partial charge in [-0.05, 0) is 19.8 Å². The number of aromatic nitrogens is 2. The summed E-state index contributed by atoms with van der Waals surface area (Å²) in [5, 5.41) is 14.6. The van der Waals surface area contributed by atoms with Crippen molar-refractivity contribution in [1.82, 2.24) is 13.7 Å². The van der Waals surface area contributed by atoms with Crippen LogP contribution in [0, 0.1) is 0 Å². The lowest BCUT2D eigenvalue weighted by molar-refractivity contribution is 0.113. The number of imidazole rings is 1. The minimum absolute atomic E-state index is 0.192. The standard InChI is InChI=1S/C12H18N4O3S2/c1-2-13-10-11(16-7-8-20-12(16)14-10)21(18,19)15-5-3-9(17)4-6-15/h7-9,13,17H,2-6H2,1H3. The molecular weight excluding hydrogens is 312 g/mol. The van der Waals surface area contributed by atoms with Crippen LogP contribution in [0.2, 0.25) is 0 Å². The number of hydrogen-bond donors (Lipinski definition) is 2. The summed E-state index contributed by atoms with van der Waals surface area (Å²) >= 11 is 1.40. The first-order valence-corrected chi connectivity index (χ1v) is 9.23. The Hall–Kier alpha value is -1.16. The van der Waals surface area contributed by atoms with Crippen LogP contribution in [-0.4, -0.2) is 53.0 Å². The number of aliphatic hydroxyl groups excluding tert-OH is 1. The third-order valence-corrected chi connectivity index (χ3v) is 6.25. The highest BCUT2D eigenvalue weighted by atomic mass is 32.2. The van der Waals surface area contributed by atoms with E-state index in [2.05, 4.69) is 10.3 Å². The van der Waals surface area contributed by atoms with Gasteiger partial charge in [0, 0.05) is 31.2 Å². The first-order chi connectivity index (χ1) is 10.0. The first kappa shape index (κ1) is 14.8. The van der Waals surface area contributed by atoms with Gasteiger partial charge in [0.05, 0.1) is 6.10 Å². The average molecular weight is 330 g/mol. The van der Waals surface area contributed by atoms with Crippen LogP contribution in [0.15, 0.2) is 16.6 Å². The van der Waals surface area contributed by atoms with E-state index >= 15 is 0 Å². The monoisotopic (exact) mass is 330 g/mol. The normalized spacial score (nSPS) is 18.4. The zero-order valence-electron chi connectivity index (χ0n) is 11.7. The molecular formula is C12H18N4O3S2. The fraction of sp³-hybridized carbons (Fsp3) is 0.583. The van der Waals surface area contributed by atoms with Gasteiger partial charge in [-0.3, -0.25) is 4.40 Å². The number of aliphatic hydroxyl groups is 1. The SMILES string of the molecule is CCNc1nc2sccn2c1S(=O)(=O)N1CCC(O)CC1. The lowest BCUT2D eigenvalue weighted by Gasteiger charge is -2.28. The minimum Gasteiger partial charge on any atom is -0.393 e. The van der Waals surface area contributed by atoms with E-state index in [0.717, 1.165) is 0 Å². The molecule has 3 heterocycles. The summed E-state index contributed by atoms with van der Waals surface area (Å²) < 4.78 is 28.9. The molecule has 3 rings (SSSR count). The second-order valence-corrected chi connectivity index (χ2v) is 7.71. The highest BCUT2D eigenvalue weighted by Crippen LogP contribution is 2.29. The molecule has 0 radical (unpaired) electrons. The van der Waals surface area contributed by atoms with Crippen molar-refractivity contribution < 1.29 is 13.5 Å². The molecule has 2 N–H and O–H groups in total. The third-order valence-electron chi connectivity index (χ3n) is 3.57. The smallest absolute Gasteiger partial charge is 0.262 e. The molecule has 1 saturated heterocycles. The van der Waals surface area contributed by atoms with Crippen molar-refractivity contribution in [3.63, 3.8) is 0 Å². The summed E-state index contributed by atoms with van der Waals surface area (Å²) in [6.07, 6.45) is 2.26. The minimum atomic E-state index is -3.62. The van der Waals surface area contributed by atoms with Gasteiger partial charge in [-0.1, -0.05) is 0 Å². The quantitative estimate of drug-likeness (QED) is 0.872. The van der Waals surface area contributed by atoms with Crippen LogP contribution >= 0.6 is 11.3 Å². The molecule has 0 spiro atoms. The number of anilines is 1. The Morgan fingerprint density at radius 2 is 2.19 bits per heavy atom. The van der Waals surface area contributed by atoms with E-state index < -0.39 is 16.1 Å². The van der Waals surface area contributed by atoms with Crippen molar-refractivity contribution in [2.45, 2.75) is 30.9 Å². The van der Waals surface area contributed by atoms with E-state index in [9.17, 15) is 13.5 Å². The van der Waals surface area contributed by atoms with Gasteiger partial charge in [-0.15, -0.1) is 11.3 Å². The number of nitrogens with zero attached hydrogens (tertiary/aromatic N) is 3. The van der Waals surface area contributed by atoms with E-state index in [1.165, 1.54) is 15.6 Å². The summed E-state index contributed by atoms with van der Waals surface area (Å²) in [4.78, 5) is 5.01. The lowest BCUT2D eigenvalue weighted by Crippen LogP contribution is -2.40. The van der Waals surface area contributed by atoms with Crippen molar-refractivity contribution >= 4 is 32.1 Å². The molecule has 0 aliphatic carbocycles. The van der Waals surface area contributed by atoms with Crippen molar-refractivity contribution in [3.05, 3.63) is 11.6 Å². The van der Waals surface area contributed by atoms with Crippen molar-refractivity contribution in [2.75, 3.05) is 25.0 Å². The first-order valence-electron chi connectivity index (χ1n) is 6.91. The molecule has 2 aromatic rings. The second-order valence-electron chi connectivity index (χ2n) is 4.99. The molecule has 0 atom stereocenters. The predicted octanol–water partition coefficient (Wildman–Crippen LogP) is 0.973. The van der Waals surface area contributed by atoms with Gasteiger partial charge in [-0.25, -0.2) is 13.4 Å². The molecule has 0 saturated carbocycles. The van der Waals surface area contributed by atoms with E-state index in [0.29, 0.717) is 43.3 Å². The number of fused-ring (bicyclic) bond motifs is 1. The Morgan fingerprint density at radius 3 is 2.86 bits per heavy atom. The van der Waals surface area contributed by atoms with Gasteiger partial charge in [0.2, 0.25) is 0 Å². The number of thiazole rings is 1. The molecule has 2 aromatic heterocycles. The van der Waals surface area contributed by atoms with Crippen LogP contribution < -0.4 is 5.32 Å². The summed E-state index contributed by atoms with van der Waals surface area (Å²) in [6.45, 7) is 3.19. The Labute approximate surface area is 127 Å². The maximum atomic E-state index is 12.9. The van der Waals surface area contributed by atoms with Crippen LogP contribution in [0.5, 0.6) is 0 Å². The Balaban J connectivity index is 2.05. The molecule has 0 unspecified atom stereocenters. The lowest BCUT2D eigenvalue weighted by atomic mass is 10.1. The van der Waals surface area contributed by atoms with E-state index in [-0.39, 0.29) is 5.03 Å². The van der Waals surface area contributed by atoms with Crippen LogP contribution in [-0.2, 0) is 10.0 Å². The molecule has 1 aliphatic heterocycles. The highest BCUT2D eigenvalue weighted by molar-refractivity contribution is 7.89. The molecule has 0 aromatic carbocycles. The fourth-order valence-corrected chi connectivity index (χ4v) is 4.96. The van der Waals surface area contributed by atoms with Crippen LogP contribution in [0.3, 0.4) is 0 Å². The molecule has 116 valence electrons. The zero-order valence-corrected chi connectivity index (χ0v) is 13.3. The molecule has 1 fully saturated rings. The summed E-state index contributed by atoms with van der Waals surface area (Å²) in [5.41, 5.74) is 0. The molecule has 0 bridgehead atoms. The molecule has 9 heteroatoms. The summed E-state index contributed by atoms with van der Waals surface area (Å²) in [6, 6.07) is 0. The Kier molecular flexibility index (Phi) is 3.91. The number of rotatable bonds is 4. The van der Waals surface area contributed by atoms with Crippen LogP contribution in [0.25, 0.3) is 4.96 Å². The van der Waals surface area contributed by atoms with Gasteiger partial charge < -0.3 is 10.4 Å². The van der Waals surface area contributed by atoms with Gasteiger partial charge in [0.15, 0.2) is 15.8 Å². The maximum Gasteiger partial charge on any atom is 0.262 e. The zero-order chi connectivity index (χ0) is 15.0. The number of sulfonamides is 1. The average Bonchev–Trinajstić information content (AvgIpc) is 2.99. The van der Waals surface area contributed by atoms with Crippen LogP contribution in [0.4, 0.5) is 5.82 Å². The topological polar surface area (TPSA) is 86.9 Å². The Morgan fingerprint density at radius 1 is 1.48 bits per heavy atom. The summed E-state index contributed by atoms with van der Waals surface area (Å²) in [7, 11) is -3.62. The second kappa shape index (κ2) is 5.56. The van der Waals surface area contributed by atoms with Crippen molar-refractivity contribution in [1.29, 1.82) is 0 Å². The molecule has 1 aliphatic rings. The fourth-order valence-electron chi connectivity index (χ4n) is 2.50. The van der Waals surface area contributed by atoms with E-state index in [1.54, 1.807) is 10.6 Å². The van der Waals surface area contributed by atoms with E-state index in [4.69, 9.17) is 0 Å². The largest absolute Gasteiger partial charge is 0.393 e. The van der Waals surface area contributed by atoms with E-state index in [1.807, 2.05) is 12.3 Å². The maximum absolute atomic E-state index is 12.9. The van der Waals surface area contributed by atoms with Gasteiger partial charge in [-0.2, -0.15) is 4.31 Å². The molecule has 7 nitrogen and oxygen atoms in total. The summed E-state index contributed by atoms with van der Waals surface area (Å²) in [5.74, 6) is 0.399. The highest BCUT2D eigenvalue weighted by Gasteiger charge is 2.34.